The van der Waals surface area contributed by atoms with Gasteiger partial charge in [-0.15, -0.1) is 0 Å². The third kappa shape index (κ3) is 4.13. The van der Waals surface area contributed by atoms with E-state index >= 15 is 0 Å². The SMILES string of the molecule is O=C(COc1ccc(Cl)cc1)Nc1ccc(-c2cc3ccccc3[nH]2)cc1. The first kappa shape index (κ1) is 17.2. The summed E-state index contributed by atoms with van der Waals surface area (Å²) in [6.45, 7) is -0.0641. The van der Waals surface area contributed by atoms with Crippen LogP contribution in [0.1, 0.15) is 0 Å². The van der Waals surface area contributed by atoms with Crippen molar-refractivity contribution in [2.45, 2.75) is 0 Å². The second-order valence-corrected chi connectivity index (χ2v) is 6.57. The zero-order chi connectivity index (χ0) is 18.6. The molecular weight excluding hydrogens is 360 g/mol. The number of hydrogen-bond acceptors (Lipinski definition) is 2. The summed E-state index contributed by atoms with van der Waals surface area (Å²) in [5.41, 5.74) is 3.92. The van der Waals surface area contributed by atoms with E-state index in [-0.39, 0.29) is 12.5 Å². The van der Waals surface area contributed by atoms with Gasteiger partial charge in [0.1, 0.15) is 5.75 Å². The van der Waals surface area contributed by atoms with Crippen LogP contribution < -0.4 is 10.1 Å². The molecule has 27 heavy (non-hydrogen) atoms. The Morgan fingerprint density at radius 2 is 1.70 bits per heavy atom. The number of ether oxygens (including phenoxy) is 1. The van der Waals surface area contributed by atoms with E-state index in [2.05, 4.69) is 22.4 Å². The molecule has 2 N–H and O–H groups in total. The van der Waals surface area contributed by atoms with Crippen LogP contribution >= 0.6 is 11.6 Å². The number of carbonyl (C=O) groups excluding carboxylic acids is 1. The molecule has 5 heteroatoms. The monoisotopic (exact) mass is 376 g/mol. The van der Waals surface area contributed by atoms with E-state index in [4.69, 9.17) is 16.3 Å². The fourth-order valence-electron chi connectivity index (χ4n) is 2.84. The van der Waals surface area contributed by atoms with Gasteiger partial charge in [-0.1, -0.05) is 41.9 Å². The first-order valence-electron chi connectivity index (χ1n) is 8.54. The van der Waals surface area contributed by atoms with Gasteiger partial charge in [-0.25, -0.2) is 0 Å². The number of amides is 1. The molecule has 0 aliphatic rings. The largest absolute Gasteiger partial charge is 0.484 e. The molecule has 1 amide bonds. The molecule has 4 rings (SSSR count). The summed E-state index contributed by atoms with van der Waals surface area (Å²) in [6, 6.07) is 24.9. The van der Waals surface area contributed by atoms with Gasteiger partial charge in [-0.2, -0.15) is 0 Å². The first-order valence-corrected chi connectivity index (χ1v) is 8.91. The minimum absolute atomic E-state index is 0.0641. The Kier molecular flexibility index (Phi) is 4.81. The molecular formula is C22H17ClN2O2. The highest BCUT2D eigenvalue weighted by Crippen LogP contribution is 2.25. The van der Waals surface area contributed by atoms with Crippen LogP contribution in [0.5, 0.6) is 5.75 Å². The molecule has 4 nitrogen and oxygen atoms in total. The molecule has 1 aromatic heterocycles. The fourth-order valence-corrected chi connectivity index (χ4v) is 2.96. The van der Waals surface area contributed by atoms with Gasteiger partial charge < -0.3 is 15.0 Å². The lowest BCUT2D eigenvalue weighted by Crippen LogP contribution is -2.20. The van der Waals surface area contributed by atoms with E-state index < -0.39 is 0 Å². The van der Waals surface area contributed by atoms with Gasteiger partial charge in [0.15, 0.2) is 6.61 Å². The highest BCUT2D eigenvalue weighted by molar-refractivity contribution is 6.30. The highest BCUT2D eigenvalue weighted by atomic mass is 35.5. The summed E-state index contributed by atoms with van der Waals surface area (Å²) in [4.78, 5) is 15.5. The van der Waals surface area contributed by atoms with Crippen LogP contribution in [-0.2, 0) is 4.79 Å². The molecule has 0 unspecified atom stereocenters. The number of halogens is 1. The summed E-state index contributed by atoms with van der Waals surface area (Å²) < 4.78 is 5.45. The molecule has 4 aromatic rings. The van der Waals surface area contributed by atoms with E-state index in [1.807, 2.05) is 42.5 Å². The average molecular weight is 377 g/mol. The van der Waals surface area contributed by atoms with Crippen LogP contribution in [0.3, 0.4) is 0 Å². The molecule has 0 bridgehead atoms. The average Bonchev–Trinajstić information content (AvgIpc) is 3.12. The minimum Gasteiger partial charge on any atom is -0.484 e. The van der Waals surface area contributed by atoms with Gasteiger partial charge in [-0.3, -0.25) is 4.79 Å². The van der Waals surface area contributed by atoms with E-state index in [1.165, 1.54) is 5.39 Å². The van der Waals surface area contributed by atoms with Crippen molar-refractivity contribution >= 4 is 34.1 Å². The standard InChI is InChI=1S/C22H17ClN2O2/c23-17-7-11-19(12-8-17)27-14-22(26)24-18-9-5-15(6-10-18)21-13-16-3-1-2-4-20(16)25-21/h1-13,25H,14H2,(H,24,26). The van der Waals surface area contributed by atoms with E-state index in [9.17, 15) is 4.79 Å². The van der Waals surface area contributed by atoms with Gasteiger partial charge in [0.2, 0.25) is 0 Å². The van der Waals surface area contributed by atoms with Crippen molar-refractivity contribution in [3.8, 4) is 17.0 Å². The van der Waals surface area contributed by atoms with Gasteiger partial charge in [0, 0.05) is 27.3 Å². The van der Waals surface area contributed by atoms with Crippen LogP contribution in [0.15, 0.2) is 78.9 Å². The summed E-state index contributed by atoms with van der Waals surface area (Å²) in [5.74, 6) is 0.382. The van der Waals surface area contributed by atoms with Crippen molar-refractivity contribution < 1.29 is 9.53 Å². The fraction of sp³-hybridized carbons (Fsp3) is 0.0455. The second-order valence-electron chi connectivity index (χ2n) is 6.14. The Bertz CT molecular complexity index is 1040. The highest BCUT2D eigenvalue weighted by Gasteiger charge is 2.06. The molecule has 1 heterocycles. The number of anilines is 1. The van der Waals surface area contributed by atoms with Crippen molar-refractivity contribution in [1.82, 2.24) is 4.98 Å². The Morgan fingerprint density at radius 1 is 0.963 bits per heavy atom. The third-order valence-electron chi connectivity index (χ3n) is 4.19. The number of carbonyl (C=O) groups is 1. The third-order valence-corrected chi connectivity index (χ3v) is 4.45. The predicted molar refractivity (Wildman–Crippen MR) is 109 cm³/mol. The predicted octanol–water partition coefficient (Wildman–Crippen LogP) is 5.51. The van der Waals surface area contributed by atoms with Crippen molar-refractivity contribution in [3.63, 3.8) is 0 Å². The number of hydrogen-bond donors (Lipinski definition) is 2. The Morgan fingerprint density at radius 3 is 2.44 bits per heavy atom. The maximum atomic E-state index is 12.1. The van der Waals surface area contributed by atoms with Gasteiger partial charge in [-0.05, 0) is 54.1 Å². The number of aromatic amines is 1. The van der Waals surface area contributed by atoms with E-state index in [0.29, 0.717) is 10.8 Å². The number of para-hydroxylation sites is 1. The Hall–Kier alpha value is -3.24. The van der Waals surface area contributed by atoms with Crippen LogP contribution in [0, 0.1) is 0 Å². The summed E-state index contributed by atoms with van der Waals surface area (Å²) in [5, 5.41) is 4.63. The van der Waals surface area contributed by atoms with Gasteiger partial charge in [0.25, 0.3) is 5.91 Å². The zero-order valence-corrected chi connectivity index (χ0v) is 15.2. The van der Waals surface area contributed by atoms with Crippen molar-refractivity contribution in [1.29, 1.82) is 0 Å². The number of fused-ring (bicyclic) bond motifs is 1. The number of nitrogens with one attached hydrogen (secondary N) is 2. The molecule has 0 aliphatic heterocycles. The number of H-pyrrole nitrogens is 1. The smallest absolute Gasteiger partial charge is 0.262 e. The van der Waals surface area contributed by atoms with Crippen LogP contribution in [0.4, 0.5) is 5.69 Å². The molecule has 0 radical (unpaired) electrons. The topological polar surface area (TPSA) is 54.1 Å². The summed E-state index contributed by atoms with van der Waals surface area (Å²) in [6.07, 6.45) is 0. The first-order chi connectivity index (χ1) is 13.2. The van der Waals surface area contributed by atoms with Crippen LogP contribution in [0.2, 0.25) is 5.02 Å². The molecule has 3 aromatic carbocycles. The molecule has 134 valence electrons. The lowest BCUT2D eigenvalue weighted by molar-refractivity contribution is -0.118. The maximum Gasteiger partial charge on any atom is 0.262 e. The number of rotatable bonds is 5. The molecule has 0 aliphatic carbocycles. The van der Waals surface area contributed by atoms with Gasteiger partial charge in [0.05, 0.1) is 0 Å². The molecule has 0 fully saturated rings. The number of benzene rings is 3. The molecule has 0 spiro atoms. The molecule has 0 atom stereocenters. The van der Waals surface area contributed by atoms with Crippen molar-refractivity contribution in [3.05, 3.63) is 83.9 Å². The van der Waals surface area contributed by atoms with E-state index in [0.717, 1.165) is 22.5 Å². The zero-order valence-electron chi connectivity index (χ0n) is 14.4. The van der Waals surface area contributed by atoms with Crippen LogP contribution in [0.25, 0.3) is 22.2 Å². The lowest BCUT2D eigenvalue weighted by Gasteiger charge is -2.08. The quantitative estimate of drug-likeness (QED) is 0.482. The Labute approximate surface area is 161 Å². The lowest BCUT2D eigenvalue weighted by atomic mass is 10.1. The van der Waals surface area contributed by atoms with Crippen molar-refractivity contribution in [2.75, 3.05) is 11.9 Å². The van der Waals surface area contributed by atoms with E-state index in [1.54, 1.807) is 24.3 Å². The van der Waals surface area contributed by atoms with Crippen LogP contribution in [-0.4, -0.2) is 17.5 Å². The minimum atomic E-state index is -0.219. The second kappa shape index (κ2) is 7.56. The van der Waals surface area contributed by atoms with Gasteiger partial charge >= 0.3 is 0 Å². The van der Waals surface area contributed by atoms with Crippen molar-refractivity contribution in [2.24, 2.45) is 0 Å². The summed E-state index contributed by atoms with van der Waals surface area (Å²) in [7, 11) is 0. The maximum absolute atomic E-state index is 12.1. The Balaban J connectivity index is 1.38. The summed E-state index contributed by atoms with van der Waals surface area (Å²) >= 11 is 5.82. The number of aromatic nitrogens is 1. The molecule has 0 saturated heterocycles. The normalized spacial score (nSPS) is 10.7. The molecule has 0 saturated carbocycles.